The van der Waals surface area contributed by atoms with Gasteiger partial charge in [0.05, 0.1) is 19.8 Å². The van der Waals surface area contributed by atoms with Gasteiger partial charge < -0.3 is 15.2 Å². The van der Waals surface area contributed by atoms with E-state index in [-0.39, 0.29) is 6.61 Å². The third-order valence-corrected chi connectivity index (χ3v) is 2.03. The smallest absolute Gasteiger partial charge is 0.0698 e. The van der Waals surface area contributed by atoms with Crippen LogP contribution in [0.1, 0.15) is 5.56 Å². The predicted octanol–water partition coefficient (Wildman–Crippen LogP) is 1.30. The van der Waals surface area contributed by atoms with Crippen LogP contribution in [0.4, 0.5) is 0 Å². The summed E-state index contributed by atoms with van der Waals surface area (Å²) in [4.78, 5) is 0. The molecule has 0 bridgehead atoms. The molecule has 0 atom stereocenters. The second-order valence-corrected chi connectivity index (χ2v) is 3.35. The lowest BCUT2D eigenvalue weighted by Gasteiger charge is -2.02. The normalized spacial score (nSPS) is 11.1. The highest BCUT2D eigenvalue weighted by atomic mass is 16.5. The van der Waals surface area contributed by atoms with E-state index in [1.807, 2.05) is 18.2 Å². The molecule has 16 heavy (non-hydrogen) atoms. The lowest BCUT2D eigenvalue weighted by atomic mass is 10.2. The Morgan fingerprint density at radius 1 is 1.19 bits per heavy atom. The molecule has 0 amide bonds. The Morgan fingerprint density at radius 2 is 2.00 bits per heavy atom. The van der Waals surface area contributed by atoms with Crippen molar-refractivity contribution < 1.29 is 9.84 Å². The number of rotatable bonds is 8. The second kappa shape index (κ2) is 9.09. The van der Waals surface area contributed by atoms with Gasteiger partial charge in [0.1, 0.15) is 0 Å². The van der Waals surface area contributed by atoms with E-state index in [4.69, 9.17) is 9.84 Å². The minimum Gasteiger partial charge on any atom is -0.394 e. The number of ether oxygens (including phenoxy) is 1. The highest BCUT2D eigenvalue weighted by Crippen LogP contribution is 1.99. The summed E-state index contributed by atoms with van der Waals surface area (Å²) in [6.07, 6.45) is 4.17. The fraction of sp³-hybridized carbons (Fsp3) is 0.385. The van der Waals surface area contributed by atoms with Gasteiger partial charge in [-0.15, -0.1) is 0 Å². The molecule has 88 valence electrons. The highest BCUT2D eigenvalue weighted by Gasteiger charge is 1.86. The van der Waals surface area contributed by atoms with Crippen molar-refractivity contribution in [1.82, 2.24) is 5.32 Å². The van der Waals surface area contributed by atoms with Crippen molar-refractivity contribution in [1.29, 1.82) is 0 Å². The summed E-state index contributed by atoms with van der Waals surface area (Å²) in [6.45, 7) is 2.78. The van der Waals surface area contributed by atoms with Crippen molar-refractivity contribution in [2.45, 2.75) is 0 Å². The molecule has 0 aromatic heterocycles. The van der Waals surface area contributed by atoms with Crippen molar-refractivity contribution in [3.63, 3.8) is 0 Å². The van der Waals surface area contributed by atoms with Crippen LogP contribution in [0.3, 0.4) is 0 Å². The number of aliphatic hydroxyl groups is 1. The van der Waals surface area contributed by atoms with Gasteiger partial charge >= 0.3 is 0 Å². The first kappa shape index (κ1) is 12.9. The van der Waals surface area contributed by atoms with Crippen LogP contribution in [-0.4, -0.2) is 38.0 Å². The van der Waals surface area contributed by atoms with E-state index in [9.17, 15) is 0 Å². The van der Waals surface area contributed by atoms with E-state index in [0.29, 0.717) is 13.2 Å². The predicted molar refractivity (Wildman–Crippen MR) is 66.3 cm³/mol. The van der Waals surface area contributed by atoms with Crippen molar-refractivity contribution in [2.75, 3.05) is 32.9 Å². The molecule has 1 aromatic rings. The maximum atomic E-state index is 8.48. The highest BCUT2D eigenvalue weighted by molar-refractivity contribution is 5.48. The van der Waals surface area contributed by atoms with Crippen molar-refractivity contribution in [2.24, 2.45) is 0 Å². The van der Waals surface area contributed by atoms with Gasteiger partial charge in [0.25, 0.3) is 0 Å². The Labute approximate surface area is 96.8 Å². The molecular weight excluding hydrogens is 202 g/mol. The lowest BCUT2D eigenvalue weighted by molar-refractivity contribution is 0.0943. The van der Waals surface area contributed by atoms with Crippen LogP contribution in [0.5, 0.6) is 0 Å². The van der Waals surface area contributed by atoms with Crippen molar-refractivity contribution in [3.05, 3.63) is 42.0 Å². The molecule has 3 nitrogen and oxygen atoms in total. The number of hydrogen-bond donors (Lipinski definition) is 2. The largest absolute Gasteiger partial charge is 0.394 e. The summed E-state index contributed by atoms with van der Waals surface area (Å²) in [7, 11) is 0. The summed E-state index contributed by atoms with van der Waals surface area (Å²) in [6, 6.07) is 10.2. The first-order valence-electron chi connectivity index (χ1n) is 5.54. The van der Waals surface area contributed by atoms with E-state index in [0.717, 1.165) is 13.1 Å². The third-order valence-electron chi connectivity index (χ3n) is 2.03. The lowest BCUT2D eigenvalue weighted by Crippen LogP contribution is -2.20. The molecule has 0 aliphatic rings. The zero-order valence-corrected chi connectivity index (χ0v) is 9.43. The van der Waals surface area contributed by atoms with E-state index in [1.54, 1.807) is 0 Å². The fourth-order valence-electron chi connectivity index (χ4n) is 1.26. The van der Waals surface area contributed by atoms with Gasteiger partial charge in [0, 0.05) is 13.1 Å². The van der Waals surface area contributed by atoms with Crippen LogP contribution in [0.25, 0.3) is 6.08 Å². The maximum Gasteiger partial charge on any atom is 0.0698 e. The molecule has 0 aliphatic carbocycles. The minimum atomic E-state index is 0.0912. The average molecular weight is 221 g/mol. The van der Waals surface area contributed by atoms with E-state index in [1.165, 1.54) is 5.56 Å². The molecular formula is C13H19NO2. The van der Waals surface area contributed by atoms with Crippen molar-refractivity contribution in [3.8, 4) is 0 Å². The Hall–Kier alpha value is -1.16. The maximum absolute atomic E-state index is 8.48. The molecule has 0 saturated carbocycles. The number of benzene rings is 1. The number of hydrogen-bond acceptors (Lipinski definition) is 3. The molecule has 1 rings (SSSR count). The fourth-order valence-corrected chi connectivity index (χ4v) is 1.26. The Bertz CT molecular complexity index is 285. The summed E-state index contributed by atoms with van der Waals surface area (Å²) in [5.74, 6) is 0. The molecule has 0 saturated heterocycles. The van der Waals surface area contributed by atoms with Crippen LogP contribution in [0, 0.1) is 0 Å². The molecule has 0 aliphatic heterocycles. The monoisotopic (exact) mass is 221 g/mol. The van der Waals surface area contributed by atoms with Gasteiger partial charge in [-0.25, -0.2) is 0 Å². The Kier molecular flexibility index (Phi) is 7.34. The first-order chi connectivity index (χ1) is 7.93. The Balaban J connectivity index is 2.01. The molecule has 0 radical (unpaired) electrons. The summed E-state index contributed by atoms with van der Waals surface area (Å²) in [5, 5.41) is 11.7. The number of aliphatic hydroxyl groups excluding tert-OH is 1. The van der Waals surface area contributed by atoms with Gasteiger partial charge in [-0.3, -0.25) is 0 Å². The minimum absolute atomic E-state index is 0.0912. The van der Waals surface area contributed by atoms with Gasteiger partial charge in [0.2, 0.25) is 0 Å². The summed E-state index contributed by atoms with van der Waals surface area (Å²) in [5.41, 5.74) is 1.21. The molecule has 3 heteroatoms. The van der Waals surface area contributed by atoms with Crippen LogP contribution >= 0.6 is 0 Å². The quantitative estimate of drug-likeness (QED) is 0.650. The molecule has 0 spiro atoms. The van der Waals surface area contributed by atoms with Crippen LogP contribution in [-0.2, 0) is 4.74 Å². The zero-order valence-electron chi connectivity index (χ0n) is 9.43. The summed E-state index contributed by atoms with van der Waals surface area (Å²) < 4.78 is 5.11. The molecule has 0 heterocycles. The molecule has 1 aromatic carbocycles. The number of nitrogens with one attached hydrogen (secondary N) is 1. The molecule has 0 unspecified atom stereocenters. The van der Waals surface area contributed by atoms with Gasteiger partial charge in [-0.2, -0.15) is 0 Å². The first-order valence-corrected chi connectivity index (χ1v) is 5.54. The molecule has 0 fully saturated rings. The SMILES string of the molecule is OCCOCCNCC=Cc1ccccc1. The van der Waals surface area contributed by atoms with Crippen LogP contribution in [0.15, 0.2) is 36.4 Å². The molecule has 2 N–H and O–H groups in total. The third kappa shape index (κ3) is 6.35. The van der Waals surface area contributed by atoms with Gasteiger partial charge in [-0.05, 0) is 5.56 Å². The summed E-state index contributed by atoms with van der Waals surface area (Å²) >= 11 is 0. The van der Waals surface area contributed by atoms with Gasteiger partial charge in [-0.1, -0.05) is 42.5 Å². The van der Waals surface area contributed by atoms with E-state index < -0.39 is 0 Å². The van der Waals surface area contributed by atoms with Crippen molar-refractivity contribution >= 4 is 6.08 Å². The van der Waals surface area contributed by atoms with Crippen LogP contribution in [0.2, 0.25) is 0 Å². The van der Waals surface area contributed by atoms with Gasteiger partial charge in [0.15, 0.2) is 0 Å². The average Bonchev–Trinajstić information content (AvgIpc) is 2.34. The standard InChI is InChI=1S/C13H19NO2/c15-10-12-16-11-9-14-8-4-7-13-5-2-1-3-6-13/h1-7,14-15H,8-12H2. The van der Waals surface area contributed by atoms with E-state index >= 15 is 0 Å². The van der Waals surface area contributed by atoms with E-state index in [2.05, 4.69) is 29.6 Å². The zero-order chi connectivity index (χ0) is 11.5. The van der Waals surface area contributed by atoms with Crippen LogP contribution < -0.4 is 5.32 Å². The Morgan fingerprint density at radius 3 is 2.75 bits per heavy atom. The second-order valence-electron chi connectivity index (χ2n) is 3.35. The topological polar surface area (TPSA) is 41.5 Å².